The Morgan fingerprint density at radius 3 is 2.24 bits per heavy atom. The second-order valence-corrected chi connectivity index (χ2v) is 6.61. The molecule has 2 aromatic rings. The molecule has 0 saturated heterocycles. The second-order valence-electron chi connectivity index (χ2n) is 4.64. The molecule has 0 saturated carbocycles. The molecule has 0 radical (unpaired) electrons. The summed E-state index contributed by atoms with van der Waals surface area (Å²) in [7, 11) is -2.24. The molecule has 0 aliphatic heterocycles. The Hall–Kier alpha value is -2.34. The number of rotatable bonds is 4. The number of carboxylic acids is 1. The van der Waals surface area contributed by atoms with Crippen molar-refractivity contribution in [2.24, 2.45) is 0 Å². The molecule has 0 amide bonds. The number of carboxylic acid groups (broad SMARTS) is 1. The zero-order chi connectivity index (χ0) is 15.6. The lowest BCUT2D eigenvalue weighted by molar-refractivity contribution is 0.0696. The number of aryl methyl sites for hydroxylation is 1. The van der Waals surface area contributed by atoms with Gasteiger partial charge in [0.25, 0.3) is 10.0 Å². The number of carbonyl (C=O) groups is 1. The molecule has 5 nitrogen and oxygen atoms in total. The van der Waals surface area contributed by atoms with E-state index in [0.29, 0.717) is 5.69 Å². The van der Waals surface area contributed by atoms with Crippen molar-refractivity contribution in [1.29, 1.82) is 0 Å². The lowest BCUT2D eigenvalue weighted by Crippen LogP contribution is -2.26. The molecule has 110 valence electrons. The van der Waals surface area contributed by atoms with Crippen molar-refractivity contribution >= 4 is 21.7 Å². The first-order valence-electron chi connectivity index (χ1n) is 6.21. The molecule has 0 heterocycles. The first-order chi connectivity index (χ1) is 9.82. The average Bonchev–Trinajstić information content (AvgIpc) is 2.46. The molecule has 0 aliphatic carbocycles. The SMILES string of the molecule is Cc1cccc(N(C)S(=O)(=O)c2ccc(C(=O)O)cc2)c1. The number of aromatic carboxylic acids is 1. The molecule has 21 heavy (non-hydrogen) atoms. The molecular weight excluding hydrogens is 290 g/mol. The van der Waals surface area contributed by atoms with Crippen LogP contribution in [0.5, 0.6) is 0 Å². The highest BCUT2D eigenvalue weighted by Crippen LogP contribution is 2.23. The molecular formula is C15H15NO4S. The third-order valence-electron chi connectivity index (χ3n) is 3.12. The third kappa shape index (κ3) is 3.05. The summed E-state index contributed by atoms with van der Waals surface area (Å²) in [4.78, 5) is 10.8. The van der Waals surface area contributed by atoms with Gasteiger partial charge in [0.1, 0.15) is 0 Å². The fourth-order valence-corrected chi connectivity index (χ4v) is 3.08. The molecule has 0 spiro atoms. The maximum absolute atomic E-state index is 12.5. The number of hydrogen-bond acceptors (Lipinski definition) is 3. The van der Waals surface area contributed by atoms with E-state index in [1.165, 1.54) is 35.6 Å². The molecule has 0 unspecified atom stereocenters. The minimum absolute atomic E-state index is 0.0483. The zero-order valence-electron chi connectivity index (χ0n) is 11.6. The van der Waals surface area contributed by atoms with Crippen LogP contribution in [-0.4, -0.2) is 26.5 Å². The first-order valence-corrected chi connectivity index (χ1v) is 7.65. The van der Waals surface area contributed by atoms with Crippen molar-refractivity contribution < 1.29 is 18.3 Å². The molecule has 1 N–H and O–H groups in total. The average molecular weight is 305 g/mol. The van der Waals surface area contributed by atoms with E-state index in [1.54, 1.807) is 18.2 Å². The van der Waals surface area contributed by atoms with Crippen molar-refractivity contribution in [2.75, 3.05) is 11.4 Å². The van der Waals surface area contributed by atoms with Gasteiger partial charge in [0, 0.05) is 7.05 Å². The van der Waals surface area contributed by atoms with Gasteiger partial charge in [0.05, 0.1) is 16.1 Å². The quantitative estimate of drug-likeness (QED) is 0.942. The highest BCUT2D eigenvalue weighted by atomic mass is 32.2. The summed E-state index contributed by atoms with van der Waals surface area (Å²) < 4.78 is 26.2. The summed E-state index contributed by atoms with van der Waals surface area (Å²) in [6, 6.07) is 12.3. The van der Waals surface area contributed by atoms with Gasteiger partial charge in [0.2, 0.25) is 0 Å². The van der Waals surface area contributed by atoms with Crippen LogP contribution in [0.4, 0.5) is 5.69 Å². The Morgan fingerprint density at radius 2 is 1.71 bits per heavy atom. The summed E-state index contributed by atoms with van der Waals surface area (Å²) in [5.74, 6) is -1.09. The minimum atomic E-state index is -3.71. The van der Waals surface area contributed by atoms with E-state index in [0.717, 1.165) is 5.56 Å². The van der Waals surface area contributed by atoms with Crippen LogP contribution >= 0.6 is 0 Å². The molecule has 0 aliphatic rings. The van der Waals surface area contributed by atoms with E-state index < -0.39 is 16.0 Å². The molecule has 2 aromatic carbocycles. The van der Waals surface area contributed by atoms with E-state index in [2.05, 4.69) is 0 Å². The van der Waals surface area contributed by atoms with Crippen LogP contribution in [0.15, 0.2) is 53.4 Å². The van der Waals surface area contributed by atoms with Gasteiger partial charge in [-0.15, -0.1) is 0 Å². The van der Waals surface area contributed by atoms with Crippen LogP contribution in [-0.2, 0) is 10.0 Å². The summed E-state index contributed by atoms with van der Waals surface area (Å²) in [5.41, 5.74) is 1.56. The zero-order valence-corrected chi connectivity index (χ0v) is 12.5. The van der Waals surface area contributed by atoms with Gasteiger partial charge in [-0.2, -0.15) is 0 Å². The molecule has 0 aromatic heterocycles. The number of nitrogens with zero attached hydrogens (tertiary/aromatic N) is 1. The highest BCUT2D eigenvalue weighted by molar-refractivity contribution is 7.92. The first kappa shape index (κ1) is 15.1. The van der Waals surface area contributed by atoms with Crippen molar-refractivity contribution in [2.45, 2.75) is 11.8 Å². The van der Waals surface area contributed by atoms with E-state index in [-0.39, 0.29) is 10.5 Å². The topological polar surface area (TPSA) is 74.7 Å². The second kappa shape index (κ2) is 5.57. The van der Waals surface area contributed by atoms with Gasteiger partial charge in [-0.1, -0.05) is 12.1 Å². The monoisotopic (exact) mass is 305 g/mol. The van der Waals surface area contributed by atoms with Crippen LogP contribution < -0.4 is 4.31 Å². The number of benzene rings is 2. The van der Waals surface area contributed by atoms with Crippen LogP contribution in [0.3, 0.4) is 0 Å². The predicted octanol–water partition coefficient (Wildman–Crippen LogP) is 2.52. The Morgan fingerprint density at radius 1 is 1.10 bits per heavy atom. The largest absolute Gasteiger partial charge is 0.478 e. The molecule has 0 fully saturated rings. The van der Waals surface area contributed by atoms with Gasteiger partial charge in [-0.3, -0.25) is 4.31 Å². The van der Waals surface area contributed by atoms with Gasteiger partial charge in [-0.05, 0) is 48.9 Å². The van der Waals surface area contributed by atoms with Gasteiger partial charge >= 0.3 is 5.97 Å². The lowest BCUT2D eigenvalue weighted by Gasteiger charge is -2.20. The van der Waals surface area contributed by atoms with Crippen LogP contribution in [0.2, 0.25) is 0 Å². The number of anilines is 1. The molecule has 6 heteroatoms. The van der Waals surface area contributed by atoms with E-state index >= 15 is 0 Å². The Bertz CT molecular complexity index is 767. The van der Waals surface area contributed by atoms with E-state index in [4.69, 9.17) is 5.11 Å². The van der Waals surface area contributed by atoms with Crippen LogP contribution in [0, 0.1) is 6.92 Å². The minimum Gasteiger partial charge on any atom is -0.478 e. The maximum atomic E-state index is 12.5. The van der Waals surface area contributed by atoms with Crippen molar-refractivity contribution in [3.05, 3.63) is 59.7 Å². The van der Waals surface area contributed by atoms with Gasteiger partial charge in [-0.25, -0.2) is 13.2 Å². The predicted molar refractivity (Wildman–Crippen MR) is 80.2 cm³/mol. The van der Waals surface area contributed by atoms with E-state index in [9.17, 15) is 13.2 Å². The normalized spacial score (nSPS) is 11.1. The summed E-state index contributed by atoms with van der Waals surface area (Å²) in [6.45, 7) is 1.88. The Kier molecular flexibility index (Phi) is 3.99. The molecule has 2 rings (SSSR count). The lowest BCUT2D eigenvalue weighted by atomic mass is 10.2. The Labute approximate surface area is 123 Å². The Balaban J connectivity index is 2.39. The summed E-state index contributed by atoms with van der Waals surface area (Å²) in [6.07, 6.45) is 0. The van der Waals surface area contributed by atoms with Crippen molar-refractivity contribution in [3.8, 4) is 0 Å². The van der Waals surface area contributed by atoms with Crippen LogP contribution in [0.1, 0.15) is 15.9 Å². The van der Waals surface area contributed by atoms with Gasteiger partial charge < -0.3 is 5.11 Å². The number of sulfonamides is 1. The fourth-order valence-electron chi connectivity index (χ4n) is 1.89. The van der Waals surface area contributed by atoms with Crippen molar-refractivity contribution in [3.63, 3.8) is 0 Å². The summed E-state index contributed by atoms with van der Waals surface area (Å²) >= 11 is 0. The maximum Gasteiger partial charge on any atom is 0.335 e. The number of hydrogen-bond donors (Lipinski definition) is 1. The smallest absolute Gasteiger partial charge is 0.335 e. The highest BCUT2D eigenvalue weighted by Gasteiger charge is 2.21. The van der Waals surface area contributed by atoms with Gasteiger partial charge in [0.15, 0.2) is 0 Å². The fraction of sp³-hybridized carbons (Fsp3) is 0.133. The van der Waals surface area contributed by atoms with Crippen LogP contribution in [0.25, 0.3) is 0 Å². The van der Waals surface area contributed by atoms with Crippen molar-refractivity contribution in [1.82, 2.24) is 0 Å². The molecule has 0 atom stereocenters. The van der Waals surface area contributed by atoms with E-state index in [1.807, 2.05) is 13.0 Å². The summed E-state index contributed by atoms with van der Waals surface area (Å²) in [5, 5.41) is 8.84. The standard InChI is InChI=1S/C15H15NO4S/c1-11-4-3-5-13(10-11)16(2)21(19,20)14-8-6-12(7-9-14)15(17)18/h3-10H,1-2H3,(H,17,18). The molecule has 0 bridgehead atoms. The third-order valence-corrected chi connectivity index (χ3v) is 4.92.